The fourth-order valence-electron chi connectivity index (χ4n) is 4.27. The zero-order valence-corrected chi connectivity index (χ0v) is 17.7. The van der Waals surface area contributed by atoms with Crippen molar-refractivity contribution in [2.24, 2.45) is 0 Å². The average molecular weight is 404 g/mol. The second-order valence-electron chi connectivity index (χ2n) is 7.91. The van der Waals surface area contributed by atoms with Crippen LogP contribution in [0.15, 0.2) is 54.6 Å². The molecule has 0 amide bonds. The average Bonchev–Trinajstić information content (AvgIpc) is 3.04. The second kappa shape index (κ2) is 7.28. The maximum Gasteiger partial charge on any atom is 0.204 e. The lowest BCUT2D eigenvalue weighted by molar-refractivity contribution is 0.195. The van der Waals surface area contributed by atoms with Crippen molar-refractivity contribution < 1.29 is 0 Å². The Hall–Kier alpha value is -2.70. The van der Waals surface area contributed by atoms with Crippen molar-refractivity contribution in [3.63, 3.8) is 0 Å². The molecule has 0 bridgehead atoms. The first-order valence-electron chi connectivity index (χ1n) is 10.1. The van der Waals surface area contributed by atoms with Crippen molar-refractivity contribution in [1.82, 2.24) is 19.1 Å². The van der Waals surface area contributed by atoms with Crippen molar-refractivity contribution in [3.8, 4) is 0 Å². The zero-order chi connectivity index (χ0) is 20.0. The van der Waals surface area contributed by atoms with Gasteiger partial charge >= 0.3 is 0 Å². The van der Waals surface area contributed by atoms with Crippen molar-refractivity contribution in [2.75, 3.05) is 31.1 Å². The van der Waals surface area contributed by atoms with Crippen molar-refractivity contribution >= 4 is 34.5 Å². The molecule has 4 aromatic rings. The van der Waals surface area contributed by atoms with E-state index in [1.165, 1.54) is 22.2 Å². The molecule has 1 aliphatic rings. The zero-order valence-electron chi connectivity index (χ0n) is 16.9. The van der Waals surface area contributed by atoms with Crippen LogP contribution in [0.5, 0.6) is 0 Å². The predicted molar refractivity (Wildman–Crippen MR) is 121 cm³/mol. The third-order valence-corrected chi connectivity index (χ3v) is 6.25. The molecule has 29 heavy (non-hydrogen) atoms. The molecule has 5 nitrogen and oxygen atoms in total. The number of rotatable bonds is 3. The highest BCUT2D eigenvalue weighted by atomic mass is 32.1. The maximum atomic E-state index is 5.81. The van der Waals surface area contributed by atoms with E-state index < -0.39 is 0 Å². The highest BCUT2D eigenvalue weighted by Crippen LogP contribution is 2.22. The number of fused-ring (bicyclic) bond motifs is 3. The van der Waals surface area contributed by atoms with Crippen LogP contribution in [0.1, 0.15) is 11.1 Å². The van der Waals surface area contributed by atoms with Crippen LogP contribution in [-0.2, 0) is 6.67 Å². The minimum Gasteiger partial charge on any atom is -0.369 e. The predicted octanol–water partition coefficient (Wildman–Crippen LogP) is 4.42. The fraction of sp³-hybridized carbons (Fsp3) is 0.304. The summed E-state index contributed by atoms with van der Waals surface area (Å²) in [4.78, 5) is 4.90. The number of piperazine rings is 1. The van der Waals surface area contributed by atoms with Crippen molar-refractivity contribution in [3.05, 3.63) is 70.5 Å². The summed E-state index contributed by atoms with van der Waals surface area (Å²) in [5.74, 6) is 0. The third-order valence-electron chi connectivity index (χ3n) is 5.85. The first kappa shape index (κ1) is 18.3. The van der Waals surface area contributed by atoms with Crippen LogP contribution < -0.4 is 4.90 Å². The van der Waals surface area contributed by atoms with E-state index in [0.29, 0.717) is 0 Å². The van der Waals surface area contributed by atoms with Gasteiger partial charge in [-0.15, -0.1) is 0 Å². The molecule has 0 N–H and O–H groups in total. The third kappa shape index (κ3) is 3.32. The standard InChI is InChI=1S/C23H25N5S/c1-17-6-5-7-19(14-17)26-12-10-25(11-13-26)16-27-23(29)28-21-9-4-3-8-20(21)18(2)15-22(28)24-27/h3-9,14-15H,10-13,16H2,1-2H3. The van der Waals surface area contributed by atoms with Gasteiger partial charge in [0.1, 0.15) is 0 Å². The Labute approximate surface area is 175 Å². The molecule has 3 heterocycles. The van der Waals surface area contributed by atoms with Gasteiger partial charge in [0, 0.05) is 37.3 Å². The van der Waals surface area contributed by atoms with E-state index in [1.807, 2.05) is 4.68 Å². The van der Waals surface area contributed by atoms with Crippen LogP contribution in [0.3, 0.4) is 0 Å². The number of para-hydroxylation sites is 1. The molecule has 2 aromatic carbocycles. The second-order valence-corrected chi connectivity index (χ2v) is 8.27. The minimum absolute atomic E-state index is 0.732. The lowest BCUT2D eigenvalue weighted by Gasteiger charge is -2.36. The topological polar surface area (TPSA) is 28.7 Å². The Morgan fingerprint density at radius 1 is 0.931 bits per heavy atom. The van der Waals surface area contributed by atoms with E-state index >= 15 is 0 Å². The normalized spacial score (nSPS) is 15.4. The van der Waals surface area contributed by atoms with Crippen LogP contribution in [0.25, 0.3) is 16.6 Å². The maximum absolute atomic E-state index is 5.81. The molecular formula is C23H25N5S. The number of pyridine rings is 1. The van der Waals surface area contributed by atoms with Gasteiger partial charge in [0.25, 0.3) is 0 Å². The van der Waals surface area contributed by atoms with Crippen LogP contribution in [0.4, 0.5) is 5.69 Å². The molecule has 1 aliphatic heterocycles. The van der Waals surface area contributed by atoms with Gasteiger partial charge in [0.15, 0.2) is 5.65 Å². The molecule has 148 valence electrons. The van der Waals surface area contributed by atoms with Crippen LogP contribution in [0.2, 0.25) is 0 Å². The van der Waals surface area contributed by atoms with E-state index in [1.54, 1.807) is 0 Å². The molecule has 1 saturated heterocycles. The first-order valence-corrected chi connectivity index (χ1v) is 10.5. The summed E-state index contributed by atoms with van der Waals surface area (Å²) in [5.41, 5.74) is 5.90. The van der Waals surface area contributed by atoms with Crippen LogP contribution in [0, 0.1) is 18.6 Å². The molecular weight excluding hydrogens is 378 g/mol. The van der Waals surface area contributed by atoms with Crippen molar-refractivity contribution in [1.29, 1.82) is 0 Å². The number of hydrogen-bond donors (Lipinski definition) is 0. The molecule has 0 aliphatic carbocycles. The Bertz CT molecular complexity index is 1250. The number of anilines is 1. The quantitative estimate of drug-likeness (QED) is 0.474. The largest absolute Gasteiger partial charge is 0.369 e. The molecule has 0 unspecified atom stereocenters. The van der Waals surface area contributed by atoms with Gasteiger partial charge < -0.3 is 4.90 Å². The van der Waals surface area contributed by atoms with Crippen LogP contribution >= 0.6 is 12.2 Å². The van der Waals surface area contributed by atoms with E-state index in [2.05, 4.69) is 82.6 Å². The molecule has 6 heteroatoms. The summed E-state index contributed by atoms with van der Waals surface area (Å²) in [6, 6.07) is 19.3. The van der Waals surface area contributed by atoms with Crippen molar-refractivity contribution in [2.45, 2.75) is 20.5 Å². The van der Waals surface area contributed by atoms with Gasteiger partial charge in [-0.2, -0.15) is 5.10 Å². The number of hydrogen-bond acceptors (Lipinski definition) is 4. The lowest BCUT2D eigenvalue weighted by atomic mass is 10.1. The Morgan fingerprint density at radius 2 is 1.72 bits per heavy atom. The Morgan fingerprint density at radius 3 is 2.52 bits per heavy atom. The molecule has 0 radical (unpaired) electrons. The summed E-state index contributed by atoms with van der Waals surface area (Å²) in [6.07, 6.45) is 0. The van der Waals surface area contributed by atoms with E-state index in [9.17, 15) is 0 Å². The Kier molecular flexibility index (Phi) is 4.60. The summed E-state index contributed by atoms with van der Waals surface area (Å²) in [5, 5.41) is 6.05. The summed E-state index contributed by atoms with van der Waals surface area (Å²) in [7, 11) is 0. The van der Waals surface area contributed by atoms with Crippen LogP contribution in [-0.4, -0.2) is 45.3 Å². The summed E-state index contributed by atoms with van der Waals surface area (Å²) >= 11 is 5.81. The molecule has 1 fully saturated rings. The molecule has 5 rings (SSSR count). The minimum atomic E-state index is 0.732. The van der Waals surface area contributed by atoms with E-state index in [4.69, 9.17) is 17.3 Å². The first-order chi connectivity index (χ1) is 14.1. The molecule has 0 saturated carbocycles. The fourth-order valence-corrected chi connectivity index (χ4v) is 4.56. The number of benzene rings is 2. The number of nitrogens with zero attached hydrogens (tertiary/aromatic N) is 5. The molecule has 0 atom stereocenters. The molecule has 2 aromatic heterocycles. The Balaban J connectivity index is 1.38. The van der Waals surface area contributed by atoms with Gasteiger partial charge in [-0.3, -0.25) is 9.30 Å². The van der Waals surface area contributed by atoms with Gasteiger partial charge in [-0.1, -0.05) is 30.3 Å². The highest BCUT2D eigenvalue weighted by molar-refractivity contribution is 7.71. The van der Waals surface area contributed by atoms with Gasteiger partial charge in [0.2, 0.25) is 4.77 Å². The number of aromatic nitrogens is 3. The smallest absolute Gasteiger partial charge is 0.204 e. The van der Waals surface area contributed by atoms with Gasteiger partial charge in [0.05, 0.1) is 12.2 Å². The van der Waals surface area contributed by atoms with E-state index in [-0.39, 0.29) is 0 Å². The SMILES string of the molecule is Cc1cccc(N2CCN(Cn3nc4cc(C)c5ccccc5n4c3=S)CC2)c1. The van der Waals surface area contributed by atoms with Gasteiger partial charge in [-0.25, -0.2) is 4.68 Å². The molecule has 0 spiro atoms. The van der Waals surface area contributed by atoms with Gasteiger partial charge in [-0.05, 0) is 61.5 Å². The van der Waals surface area contributed by atoms with E-state index in [0.717, 1.165) is 48.8 Å². The monoisotopic (exact) mass is 403 g/mol. The highest BCUT2D eigenvalue weighted by Gasteiger charge is 2.19. The number of aryl methyl sites for hydroxylation is 2. The summed E-state index contributed by atoms with van der Waals surface area (Å²) < 4.78 is 4.83. The summed E-state index contributed by atoms with van der Waals surface area (Å²) in [6.45, 7) is 9.06. The lowest BCUT2D eigenvalue weighted by Crippen LogP contribution is -2.47.